The number of nitrogens with zero attached hydrogens (tertiary/aromatic N) is 4. The van der Waals surface area contributed by atoms with E-state index in [1.165, 1.54) is 18.5 Å². The van der Waals surface area contributed by atoms with E-state index < -0.39 is 4.92 Å². The maximum Gasteiger partial charge on any atom is 0.269 e. The lowest BCUT2D eigenvalue weighted by molar-refractivity contribution is -0.384. The Morgan fingerprint density at radius 3 is 2.58 bits per heavy atom. The van der Waals surface area contributed by atoms with Gasteiger partial charge in [-0.2, -0.15) is 0 Å². The second kappa shape index (κ2) is 4.99. The number of nitro groups is 1. The van der Waals surface area contributed by atoms with E-state index in [9.17, 15) is 10.1 Å². The first-order valence-corrected chi connectivity index (χ1v) is 5.14. The first kappa shape index (κ1) is 12.9. The number of non-ortho nitro benzene ring substituents is 1. The number of benzene rings is 1. The Morgan fingerprint density at radius 2 is 1.95 bits per heavy atom. The van der Waals surface area contributed by atoms with Crippen LogP contribution in [0.3, 0.4) is 0 Å². The molecule has 3 rings (SSSR count). The Bertz CT molecular complexity index is 692. The minimum atomic E-state index is -0.437. The van der Waals surface area contributed by atoms with E-state index in [1.807, 2.05) is 0 Å². The summed E-state index contributed by atoms with van der Waals surface area (Å²) < 4.78 is 0. The molecule has 0 aliphatic carbocycles. The van der Waals surface area contributed by atoms with E-state index >= 15 is 0 Å². The van der Waals surface area contributed by atoms with Crippen molar-refractivity contribution >= 4 is 29.3 Å². The summed E-state index contributed by atoms with van der Waals surface area (Å²) in [5, 5.41) is 10.6. The van der Waals surface area contributed by atoms with Crippen LogP contribution in [0.1, 0.15) is 0 Å². The van der Waals surface area contributed by atoms with Crippen molar-refractivity contribution in [2.45, 2.75) is 0 Å². The van der Waals surface area contributed by atoms with Crippen LogP contribution in [0.4, 0.5) is 5.69 Å². The van der Waals surface area contributed by atoms with Crippen LogP contribution in [0.15, 0.2) is 36.8 Å². The molecule has 0 saturated carbocycles. The topological polar surface area (TPSA) is 97.6 Å². The summed E-state index contributed by atoms with van der Waals surface area (Å²) in [6.45, 7) is 0. The van der Waals surface area contributed by atoms with Gasteiger partial charge in [-0.15, -0.1) is 12.4 Å². The SMILES string of the molecule is Cl.O=[N+]([O-])c1ccc(-c2nc3ncncc3[nH]2)cc1. The quantitative estimate of drug-likeness (QED) is 0.573. The van der Waals surface area contributed by atoms with Gasteiger partial charge < -0.3 is 4.98 Å². The van der Waals surface area contributed by atoms with Crippen molar-refractivity contribution in [3.63, 3.8) is 0 Å². The summed E-state index contributed by atoms with van der Waals surface area (Å²) >= 11 is 0. The molecule has 0 fully saturated rings. The van der Waals surface area contributed by atoms with Crippen molar-refractivity contribution in [3.05, 3.63) is 46.9 Å². The molecule has 96 valence electrons. The average molecular weight is 278 g/mol. The van der Waals surface area contributed by atoms with Gasteiger partial charge in [-0.25, -0.2) is 15.0 Å². The van der Waals surface area contributed by atoms with Gasteiger partial charge in [0.1, 0.15) is 17.7 Å². The fourth-order valence-electron chi connectivity index (χ4n) is 1.64. The van der Waals surface area contributed by atoms with E-state index in [0.29, 0.717) is 11.5 Å². The lowest BCUT2D eigenvalue weighted by Gasteiger charge is -1.95. The third kappa shape index (κ3) is 2.36. The Hall–Kier alpha value is -2.54. The number of aromatic nitrogens is 4. The predicted octanol–water partition coefficient (Wildman–Crippen LogP) is 2.35. The third-order valence-electron chi connectivity index (χ3n) is 2.51. The molecule has 0 unspecified atom stereocenters. The van der Waals surface area contributed by atoms with Crippen LogP contribution in [-0.4, -0.2) is 24.9 Å². The number of hydrogen-bond donors (Lipinski definition) is 1. The summed E-state index contributed by atoms with van der Waals surface area (Å²) in [6.07, 6.45) is 3.05. The molecule has 0 saturated heterocycles. The van der Waals surface area contributed by atoms with Crippen LogP contribution in [0.25, 0.3) is 22.6 Å². The fourth-order valence-corrected chi connectivity index (χ4v) is 1.64. The number of halogens is 1. The van der Waals surface area contributed by atoms with Crippen LogP contribution >= 0.6 is 12.4 Å². The molecule has 1 N–H and O–H groups in total. The molecule has 0 spiro atoms. The van der Waals surface area contributed by atoms with Crippen molar-refractivity contribution < 1.29 is 4.92 Å². The first-order chi connectivity index (χ1) is 8.74. The van der Waals surface area contributed by atoms with Crippen LogP contribution in [-0.2, 0) is 0 Å². The lowest BCUT2D eigenvalue weighted by Crippen LogP contribution is -1.87. The van der Waals surface area contributed by atoms with Crippen molar-refractivity contribution in [3.8, 4) is 11.4 Å². The summed E-state index contributed by atoms with van der Waals surface area (Å²) in [5.41, 5.74) is 2.11. The molecule has 0 bridgehead atoms. The number of aromatic amines is 1. The van der Waals surface area contributed by atoms with Gasteiger partial charge in [0.25, 0.3) is 5.69 Å². The van der Waals surface area contributed by atoms with E-state index in [1.54, 1.807) is 18.3 Å². The van der Waals surface area contributed by atoms with Crippen molar-refractivity contribution in [1.29, 1.82) is 0 Å². The molecule has 7 nitrogen and oxygen atoms in total. The molecule has 2 aromatic heterocycles. The number of H-pyrrole nitrogens is 1. The smallest absolute Gasteiger partial charge is 0.269 e. The molecule has 0 aliphatic heterocycles. The summed E-state index contributed by atoms with van der Waals surface area (Å²) in [4.78, 5) is 25.3. The van der Waals surface area contributed by atoms with Gasteiger partial charge in [-0.1, -0.05) is 0 Å². The molecular formula is C11H8ClN5O2. The highest BCUT2D eigenvalue weighted by molar-refractivity contribution is 5.85. The molecule has 1 aromatic carbocycles. The van der Waals surface area contributed by atoms with Crippen LogP contribution in [0.2, 0.25) is 0 Å². The fraction of sp³-hybridized carbons (Fsp3) is 0. The van der Waals surface area contributed by atoms with Crippen LogP contribution in [0.5, 0.6) is 0 Å². The molecular weight excluding hydrogens is 270 g/mol. The second-order valence-electron chi connectivity index (χ2n) is 3.65. The van der Waals surface area contributed by atoms with Gasteiger partial charge in [0.05, 0.1) is 11.1 Å². The molecule has 0 aliphatic rings. The van der Waals surface area contributed by atoms with Gasteiger partial charge in [0, 0.05) is 17.7 Å². The Kier molecular flexibility index (Phi) is 3.39. The Morgan fingerprint density at radius 1 is 1.21 bits per heavy atom. The van der Waals surface area contributed by atoms with E-state index in [0.717, 1.165) is 11.1 Å². The molecule has 0 atom stereocenters. The van der Waals surface area contributed by atoms with Gasteiger partial charge in [0.2, 0.25) is 0 Å². The standard InChI is InChI=1S/C11H7N5O2.ClH/c17-16(18)8-3-1-7(2-4-8)10-14-9-5-12-6-13-11(9)15-10;/h1-6H,(H,12,13,14,15);1H. The van der Waals surface area contributed by atoms with Crippen molar-refractivity contribution in [1.82, 2.24) is 19.9 Å². The van der Waals surface area contributed by atoms with Crippen LogP contribution < -0.4 is 0 Å². The molecule has 8 heteroatoms. The summed E-state index contributed by atoms with van der Waals surface area (Å²) in [5.74, 6) is 0.611. The zero-order valence-electron chi connectivity index (χ0n) is 9.48. The summed E-state index contributed by atoms with van der Waals surface area (Å²) in [7, 11) is 0. The van der Waals surface area contributed by atoms with Crippen LogP contribution in [0, 0.1) is 10.1 Å². The first-order valence-electron chi connectivity index (χ1n) is 5.14. The predicted molar refractivity (Wildman–Crippen MR) is 71.0 cm³/mol. The number of fused-ring (bicyclic) bond motifs is 1. The summed E-state index contributed by atoms with van der Waals surface area (Å²) in [6, 6.07) is 6.16. The zero-order chi connectivity index (χ0) is 12.5. The van der Waals surface area contributed by atoms with Crippen molar-refractivity contribution in [2.24, 2.45) is 0 Å². The molecule has 0 radical (unpaired) electrons. The number of nitro benzene ring substituents is 1. The highest BCUT2D eigenvalue weighted by Crippen LogP contribution is 2.21. The zero-order valence-corrected chi connectivity index (χ0v) is 10.3. The third-order valence-corrected chi connectivity index (χ3v) is 2.51. The number of nitrogens with one attached hydrogen (secondary N) is 1. The second-order valence-corrected chi connectivity index (χ2v) is 3.65. The van der Waals surface area contributed by atoms with Gasteiger partial charge in [-0.05, 0) is 12.1 Å². The largest absolute Gasteiger partial charge is 0.335 e. The molecule has 3 aromatic rings. The Labute approximate surface area is 113 Å². The highest BCUT2D eigenvalue weighted by Gasteiger charge is 2.08. The minimum Gasteiger partial charge on any atom is -0.335 e. The van der Waals surface area contributed by atoms with Gasteiger partial charge >= 0.3 is 0 Å². The molecule has 19 heavy (non-hydrogen) atoms. The minimum absolute atomic E-state index is 0. The molecule has 2 heterocycles. The van der Waals surface area contributed by atoms with E-state index in [-0.39, 0.29) is 18.1 Å². The number of imidazole rings is 1. The monoisotopic (exact) mass is 277 g/mol. The van der Waals surface area contributed by atoms with Gasteiger partial charge in [-0.3, -0.25) is 10.1 Å². The lowest BCUT2D eigenvalue weighted by atomic mass is 10.2. The van der Waals surface area contributed by atoms with Gasteiger partial charge in [0.15, 0.2) is 5.65 Å². The Balaban J connectivity index is 0.00000133. The number of rotatable bonds is 2. The normalized spacial score (nSPS) is 10.1. The molecule has 0 amide bonds. The average Bonchev–Trinajstić information content (AvgIpc) is 2.82. The maximum absolute atomic E-state index is 10.6. The van der Waals surface area contributed by atoms with Crippen molar-refractivity contribution in [2.75, 3.05) is 0 Å². The highest BCUT2D eigenvalue weighted by atomic mass is 35.5. The van der Waals surface area contributed by atoms with E-state index in [2.05, 4.69) is 19.9 Å². The number of hydrogen-bond acceptors (Lipinski definition) is 5. The van der Waals surface area contributed by atoms with E-state index in [4.69, 9.17) is 0 Å². The maximum atomic E-state index is 10.6.